The number of nitrogens with two attached hydrogens (primary N) is 1. The molecule has 0 radical (unpaired) electrons. The zero-order valence-corrected chi connectivity index (χ0v) is 15.6. The van der Waals surface area contributed by atoms with E-state index in [0.29, 0.717) is 11.0 Å². The van der Waals surface area contributed by atoms with Crippen molar-refractivity contribution in [2.24, 2.45) is 5.73 Å². The standard InChI is InChI=1S/C16H26BrN3S/c1-4-20(5-2)10-6-7-12(3)19-15-9-8-13(17)11-14(15)16(18)21/h8-9,11-12,19H,4-7,10H2,1-3H3,(H2,18,21). The van der Waals surface area contributed by atoms with Crippen LogP contribution in [0.25, 0.3) is 0 Å². The third-order valence-corrected chi connectivity index (χ3v) is 4.37. The van der Waals surface area contributed by atoms with E-state index >= 15 is 0 Å². The maximum Gasteiger partial charge on any atom is 0.106 e. The highest BCUT2D eigenvalue weighted by atomic mass is 79.9. The van der Waals surface area contributed by atoms with Crippen molar-refractivity contribution in [2.75, 3.05) is 25.0 Å². The summed E-state index contributed by atoms with van der Waals surface area (Å²) in [4.78, 5) is 2.88. The number of halogens is 1. The van der Waals surface area contributed by atoms with E-state index in [0.717, 1.165) is 41.8 Å². The SMILES string of the molecule is CCN(CC)CCCC(C)Nc1ccc(Br)cc1C(N)=S. The zero-order chi connectivity index (χ0) is 15.8. The van der Waals surface area contributed by atoms with Crippen molar-refractivity contribution in [3.8, 4) is 0 Å². The van der Waals surface area contributed by atoms with Gasteiger partial charge >= 0.3 is 0 Å². The fourth-order valence-electron chi connectivity index (χ4n) is 2.34. The first kappa shape index (κ1) is 18.4. The van der Waals surface area contributed by atoms with Crippen LogP contribution in [0.1, 0.15) is 39.2 Å². The Morgan fingerprint density at radius 2 is 2.05 bits per heavy atom. The summed E-state index contributed by atoms with van der Waals surface area (Å²) in [6.45, 7) is 10.0. The second-order valence-electron chi connectivity index (χ2n) is 5.27. The molecule has 0 fully saturated rings. The molecule has 0 heterocycles. The van der Waals surface area contributed by atoms with E-state index in [1.165, 1.54) is 6.42 Å². The fourth-order valence-corrected chi connectivity index (χ4v) is 2.87. The molecule has 3 nitrogen and oxygen atoms in total. The van der Waals surface area contributed by atoms with Crippen LogP contribution >= 0.6 is 28.1 Å². The summed E-state index contributed by atoms with van der Waals surface area (Å²) in [5.41, 5.74) is 7.71. The Hall–Kier alpha value is -0.650. The summed E-state index contributed by atoms with van der Waals surface area (Å²) >= 11 is 8.58. The largest absolute Gasteiger partial charge is 0.389 e. The summed E-state index contributed by atoms with van der Waals surface area (Å²) in [6.07, 6.45) is 2.32. The molecular formula is C16H26BrN3S. The monoisotopic (exact) mass is 371 g/mol. The number of nitrogens with one attached hydrogen (secondary N) is 1. The number of benzene rings is 1. The number of rotatable bonds is 9. The van der Waals surface area contributed by atoms with Crippen molar-refractivity contribution in [2.45, 2.75) is 39.7 Å². The van der Waals surface area contributed by atoms with Gasteiger partial charge in [0.15, 0.2) is 0 Å². The molecule has 5 heteroatoms. The van der Waals surface area contributed by atoms with E-state index in [9.17, 15) is 0 Å². The minimum Gasteiger partial charge on any atom is -0.389 e. The molecule has 1 aromatic carbocycles. The van der Waals surface area contributed by atoms with Crippen molar-refractivity contribution >= 4 is 38.8 Å². The van der Waals surface area contributed by atoms with Gasteiger partial charge in [-0.2, -0.15) is 0 Å². The Morgan fingerprint density at radius 1 is 1.38 bits per heavy atom. The number of hydrogen-bond donors (Lipinski definition) is 2. The van der Waals surface area contributed by atoms with Gasteiger partial charge in [-0.05, 0) is 57.6 Å². The average Bonchev–Trinajstić information content (AvgIpc) is 2.45. The molecule has 0 aliphatic carbocycles. The van der Waals surface area contributed by atoms with Gasteiger partial charge in [-0.1, -0.05) is 42.0 Å². The van der Waals surface area contributed by atoms with Crippen molar-refractivity contribution < 1.29 is 0 Å². The fraction of sp³-hybridized carbons (Fsp3) is 0.562. The number of thiocarbonyl (C=S) groups is 1. The Bertz CT molecular complexity index is 461. The molecule has 0 saturated carbocycles. The van der Waals surface area contributed by atoms with Gasteiger partial charge in [0.25, 0.3) is 0 Å². The van der Waals surface area contributed by atoms with E-state index < -0.39 is 0 Å². The Balaban J connectivity index is 2.55. The molecule has 0 aliphatic heterocycles. The summed E-state index contributed by atoms with van der Waals surface area (Å²) in [6, 6.07) is 6.40. The molecule has 0 bridgehead atoms. The Kier molecular flexibility index (Phi) is 8.22. The molecule has 0 spiro atoms. The summed E-state index contributed by atoms with van der Waals surface area (Å²) in [5, 5.41) is 3.52. The lowest BCUT2D eigenvalue weighted by molar-refractivity contribution is 0.295. The van der Waals surface area contributed by atoms with Crippen molar-refractivity contribution in [3.05, 3.63) is 28.2 Å². The second-order valence-corrected chi connectivity index (χ2v) is 6.62. The maximum atomic E-state index is 5.80. The van der Waals surface area contributed by atoms with Crippen LogP contribution in [0.15, 0.2) is 22.7 Å². The van der Waals surface area contributed by atoms with Gasteiger partial charge in [-0.3, -0.25) is 0 Å². The molecular weight excluding hydrogens is 346 g/mol. The second kappa shape index (κ2) is 9.38. The first-order valence-electron chi connectivity index (χ1n) is 7.56. The van der Waals surface area contributed by atoms with Crippen LogP contribution in [-0.4, -0.2) is 35.6 Å². The van der Waals surface area contributed by atoms with Crippen LogP contribution in [-0.2, 0) is 0 Å². The number of anilines is 1. The summed E-state index contributed by atoms with van der Waals surface area (Å²) < 4.78 is 0.991. The number of nitrogens with zero attached hydrogens (tertiary/aromatic N) is 1. The van der Waals surface area contributed by atoms with E-state index in [-0.39, 0.29) is 0 Å². The van der Waals surface area contributed by atoms with Gasteiger partial charge in [0.2, 0.25) is 0 Å². The molecule has 118 valence electrons. The molecule has 1 atom stereocenters. The lowest BCUT2D eigenvalue weighted by Crippen LogP contribution is -2.26. The Labute approximate surface area is 142 Å². The van der Waals surface area contributed by atoms with E-state index in [1.807, 2.05) is 18.2 Å². The highest BCUT2D eigenvalue weighted by molar-refractivity contribution is 9.10. The van der Waals surface area contributed by atoms with Gasteiger partial charge in [-0.25, -0.2) is 0 Å². The average molecular weight is 372 g/mol. The normalized spacial score (nSPS) is 12.4. The first-order valence-corrected chi connectivity index (χ1v) is 8.76. The molecule has 0 aromatic heterocycles. The van der Waals surface area contributed by atoms with Crippen molar-refractivity contribution in [3.63, 3.8) is 0 Å². The molecule has 3 N–H and O–H groups in total. The minimum absolute atomic E-state index is 0.398. The minimum atomic E-state index is 0.398. The maximum absolute atomic E-state index is 5.80. The highest BCUT2D eigenvalue weighted by Gasteiger charge is 2.09. The molecule has 1 rings (SSSR count). The smallest absolute Gasteiger partial charge is 0.106 e. The highest BCUT2D eigenvalue weighted by Crippen LogP contribution is 2.22. The van der Waals surface area contributed by atoms with E-state index in [2.05, 4.69) is 46.9 Å². The van der Waals surface area contributed by atoms with Crippen molar-refractivity contribution in [1.82, 2.24) is 4.90 Å². The van der Waals surface area contributed by atoms with Crippen LogP contribution < -0.4 is 11.1 Å². The Morgan fingerprint density at radius 3 is 2.62 bits per heavy atom. The quantitative estimate of drug-likeness (QED) is 0.643. The third kappa shape index (κ3) is 6.32. The molecule has 1 aromatic rings. The van der Waals surface area contributed by atoms with E-state index in [1.54, 1.807) is 0 Å². The van der Waals surface area contributed by atoms with Crippen LogP contribution in [0.5, 0.6) is 0 Å². The third-order valence-electron chi connectivity index (χ3n) is 3.65. The van der Waals surface area contributed by atoms with Gasteiger partial charge in [-0.15, -0.1) is 0 Å². The van der Waals surface area contributed by atoms with Crippen LogP contribution in [0.2, 0.25) is 0 Å². The predicted molar refractivity (Wildman–Crippen MR) is 100 cm³/mol. The lowest BCUT2D eigenvalue weighted by atomic mass is 10.1. The van der Waals surface area contributed by atoms with Crippen molar-refractivity contribution in [1.29, 1.82) is 0 Å². The molecule has 21 heavy (non-hydrogen) atoms. The van der Waals surface area contributed by atoms with Crippen LogP contribution in [0, 0.1) is 0 Å². The summed E-state index contributed by atoms with van der Waals surface area (Å²) in [7, 11) is 0. The van der Waals surface area contributed by atoms with Crippen LogP contribution in [0.4, 0.5) is 5.69 Å². The van der Waals surface area contributed by atoms with Gasteiger partial charge in [0.1, 0.15) is 4.99 Å². The van der Waals surface area contributed by atoms with Gasteiger partial charge < -0.3 is 16.0 Å². The summed E-state index contributed by atoms with van der Waals surface area (Å²) in [5.74, 6) is 0. The molecule has 0 amide bonds. The van der Waals surface area contributed by atoms with E-state index in [4.69, 9.17) is 18.0 Å². The van der Waals surface area contributed by atoms with Gasteiger partial charge in [0, 0.05) is 21.8 Å². The molecule has 0 saturated heterocycles. The molecule has 1 unspecified atom stereocenters. The lowest BCUT2D eigenvalue weighted by Gasteiger charge is -2.21. The predicted octanol–water partition coefficient (Wildman–Crippen LogP) is 4.01. The van der Waals surface area contributed by atoms with Gasteiger partial charge in [0.05, 0.1) is 0 Å². The molecule has 0 aliphatic rings. The number of hydrogen-bond acceptors (Lipinski definition) is 3. The zero-order valence-electron chi connectivity index (χ0n) is 13.2. The topological polar surface area (TPSA) is 41.3 Å². The van der Waals surface area contributed by atoms with Crippen LogP contribution in [0.3, 0.4) is 0 Å². The first-order chi connectivity index (χ1) is 9.97.